The van der Waals surface area contributed by atoms with Gasteiger partial charge in [-0.3, -0.25) is 4.79 Å². The second kappa shape index (κ2) is 6.83. The Kier molecular flexibility index (Phi) is 4.37. The normalized spacial score (nSPS) is 14.8. The summed E-state index contributed by atoms with van der Waals surface area (Å²) in [5.74, 6) is 0.903. The molecule has 1 heterocycles. The van der Waals surface area contributed by atoms with E-state index in [0.717, 1.165) is 35.1 Å². The predicted octanol–water partition coefficient (Wildman–Crippen LogP) is 4.54. The molecule has 0 aliphatic carbocycles. The third kappa shape index (κ3) is 3.05. The first-order valence-corrected chi connectivity index (χ1v) is 9.09. The van der Waals surface area contributed by atoms with Crippen molar-refractivity contribution in [1.29, 1.82) is 0 Å². The highest BCUT2D eigenvalue weighted by Gasteiger charge is 2.25. The molecule has 0 N–H and O–H groups in total. The van der Waals surface area contributed by atoms with Crippen LogP contribution in [0.1, 0.15) is 29.5 Å². The zero-order chi connectivity index (χ0) is 18.1. The van der Waals surface area contributed by atoms with Crippen LogP contribution >= 0.6 is 0 Å². The molecule has 0 saturated heterocycles. The van der Waals surface area contributed by atoms with E-state index in [1.54, 1.807) is 7.11 Å². The molecular formula is C23H23NO2. The highest BCUT2D eigenvalue weighted by atomic mass is 16.5. The maximum absolute atomic E-state index is 13.1. The second-order valence-corrected chi connectivity index (χ2v) is 6.97. The summed E-state index contributed by atoms with van der Waals surface area (Å²) in [7, 11) is 1.67. The highest BCUT2D eigenvalue weighted by Crippen LogP contribution is 2.28. The van der Waals surface area contributed by atoms with Crippen molar-refractivity contribution in [2.24, 2.45) is 0 Å². The molecule has 3 heteroatoms. The number of nitrogens with zero attached hydrogens (tertiary/aromatic N) is 1. The molecule has 0 unspecified atom stereocenters. The monoisotopic (exact) mass is 345 g/mol. The summed E-state index contributed by atoms with van der Waals surface area (Å²) in [6.45, 7) is 3.52. The minimum Gasteiger partial charge on any atom is -0.497 e. The van der Waals surface area contributed by atoms with Crippen LogP contribution in [0.25, 0.3) is 10.8 Å². The minimum atomic E-state index is -0.147. The van der Waals surface area contributed by atoms with Crippen LogP contribution in [0.15, 0.2) is 60.7 Å². The van der Waals surface area contributed by atoms with Crippen LogP contribution in [0, 0.1) is 0 Å². The molecule has 0 aromatic heterocycles. The summed E-state index contributed by atoms with van der Waals surface area (Å²) in [6.07, 6.45) is 0.937. The van der Waals surface area contributed by atoms with Crippen molar-refractivity contribution in [1.82, 2.24) is 4.90 Å². The van der Waals surface area contributed by atoms with E-state index in [9.17, 15) is 4.79 Å². The number of methoxy groups -OCH3 is 1. The van der Waals surface area contributed by atoms with Crippen LogP contribution in [0.3, 0.4) is 0 Å². The molecular weight excluding hydrogens is 322 g/mol. The highest BCUT2D eigenvalue weighted by molar-refractivity contribution is 5.88. The summed E-state index contributed by atoms with van der Waals surface area (Å²) in [6, 6.07) is 20.7. The van der Waals surface area contributed by atoms with Gasteiger partial charge in [0.05, 0.1) is 13.0 Å². The number of hydrogen-bond donors (Lipinski definition) is 0. The summed E-state index contributed by atoms with van der Waals surface area (Å²) < 4.78 is 5.29. The van der Waals surface area contributed by atoms with Crippen molar-refractivity contribution < 1.29 is 9.53 Å². The zero-order valence-electron chi connectivity index (χ0n) is 15.2. The van der Waals surface area contributed by atoms with Crippen molar-refractivity contribution in [2.45, 2.75) is 25.8 Å². The number of benzene rings is 3. The third-order valence-electron chi connectivity index (χ3n) is 5.38. The molecule has 0 saturated carbocycles. The number of carbonyl (C=O) groups excluding carboxylic acids is 1. The molecule has 1 aliphatic heterocycles. The van der Waals surface area contributed by atoms with Gasteiger partial charge in [0.15, 0.2) is 0 Å². The lowest BCUT2D eigenvalue weighted by Crippen LogP contribution is -2.38. The molecule has 4 rings (SSSR count). The lowest BCUT2D eigenvalue weighted by molar-refractivity contribution is -0.133. The van der Waals surface area contributed by atoms with E-state index >= 15 is 0 Å². The van der Waals surface area contributed by atoms with E-state index < -0.39 is 0 Å². The van der Waals surface area contributed by atoms with E-state index in [-0.39, 0.29) is 11.8 Å². The molecule has 0 radical (unpaired) electrons. The van der Waals surface area contributed by atoms with E-state index in [2.05, 4.69) is 36.4 Å². The maximum Gasteiger partial charge on any atom is 0.230 e. The standard InChI is InChI=1S/C23H23NO2/c1-16(18-7-8-20-14-22(26-2)10-9-19(20)13-18)23(25)24-12-11-17-5-3-4-6-21(17)15-24/h3-10,13-14,16H,11-12,15H2,1-2H3/t16-/m0/s1. The first-order chi connectivity index (χ1) is 12.7. The van der Waals surface area contributed by atoms with Crippen LogP contribution in [-0.2, 0) is 17.8 Å². The van der Waals surface area contributed by atoms with Crippen LogP contribution in [0.5, 0.6) is 5.75 Å². The van der Waals surface area contributed by atoms with Crippen molar-refractivity contribution >= 4 is 16.7 Å². The Morgan fingerprint density at radius 1 is 1.00 bits per heavy atom. The van der Waals surface area contributed by atoms with E-state index in [0.29, 0.717) is 6.54 Å². The van der Waals surface area contributed by atoms with Gasteiger partial charge in [-0.05, 0) is 52.9 Å². The molecule has 3 aromatic carbocycles. The van der Waals surface area contributed by atoms with E-state index in [4.69, 9.17) is 4.74 Å². The van der Waals surface area contributed by atoms with Gasteiger partial charge in [0.25, 0.3) is 0 Å². The molecule has 0 bridgehead atoms. The van der Waals surface area contributed by atoms with Gasteiger partial charge in [0.1, 0.15) is 5.75 Å². The largest absolute Gasteiger partial charge is 0.497 e. The van der Waals surface area contributed by atoms with Crippen molar-refractivity contribution in [3.63, 3.8) is 0 Å². The van der Waals surface area contributed by atoms with Gasteiger partial charge < -0.3 is 9.64 Å². The van der Waals surface area contributed by atoms with Gasteiger partial charge in [0, 0.05) is 13.1 Å². The Hall–Kier alpha value is -2.81. The number of carbonyl (C=O) groups is 1. The maximum atomic E-state index is 13.1. The number of ether oxygens (including phenoxy) is 1. The Morgan fingerprint density at radius 2 is 1.73 bits per heavy atom. The van der Waals surface area contributed by atoms with Crippen LogP contribution in [-0.4, -0.2) is 24.5 Å². The van der Waals surface area contributed by atoms with Crippen LogP contribution in [0.2, 0.25) is 0 Å². The lowest BCUT2D eigenvalue weighted by atomic mass is 9.94. The van der Waals surface area contributed by atoms with Gasteiger partial charge >= 0.3 is 0 Å². The molecule has 0 spiro atoms. The van der Waals surface area contributed by atoms with E-state index in [1.807, 2.05) is 36.1 Å². The molecule has 26 heavy (non-hydrogen) atoms. The topological polar surface area (TPSA) is 29.5 Å². The molecule has 132 valence electrons. The summed E-state index contributed by atoms with van der Waals surface area (Å²) in [5.41, 5.74) is 3.69. The van der Waals surface area contributed by atoms with Gasteiger partial charge in [-0.25, -0.2) is 0 Å². The number of rotatable bonds is 3. The fourth-order valence-electron chi connectivity index (χ4n) is 3.74. The van der Waals surface area contributed by atoms with Gasteiger partial charge in [-0.15, -0.1) is 0 Å². The average Bonchev–Trinajstić information content (AvgIpc) is 2.71. The number of amides is 1. The summed E-state index contributed by atoms with van der Waals surface area (Å²) >= 11 is 0. The van der Waals surface area contributed by atoms with Gasteiger partial charge in [-0.1, -0.05) is 48.5 Å². The zero-order valence-corrected chi connectivity index (χ0v) is 15.2. The number of hydrogen-bond acceptors (Lipinski definition) is 2. The van der Waals surface area contributed by atoms with Crippen molar-refractivity contribution in [3.05, 3.63) is 77.4 Å². The van der Waals surface area contributed by atoms with Crippen molar-refractivity contribution in [3.8, 4) is 5.75 Å². The average molecular weight is 345 g/mol. The first kappa shape index (κ1) is 16.6. The Bertz CT molecular complexity index is 963. The quantitative estimate of drug-likeness (QED) is 0.698. The molecule has 3 aromatic rings. The van der Waals surface area contributed by atoms with Crippen molar-refractivity contribution in [2.75, 3.05) is 13.7 Å². The molecule has 1 atom stereocenters. The summed E-state index contributed by atoms with van der Waals surface area (Å²) in [5, 5.41) is 2.26. The molecule has 3 nitrogen and oxygen atoms in total. The SMILES string of the molecule is COc1ccc2cc([C@H](C)C(=O)N3CCc4ccccc4C3)ccc2c1. The van der Waals surface area contributed by atoms with Gasteiger partial charge in [0.2, 0.25) is 5.91 Å². The second-order valence-electron chi connectivity index (χ2n) is 6.97. The Morgan fingerprint density at radius 3 is 2.54 bits per heavy atom. The number of fused-ring (bicyclic) bond motifs is 2. The molecule has 1 amide bonds. The molecule has 0 fully saturated rings. The minimum absolute atomic E-state index is 0.147. The smallest absolute Gasteiger partial charge is 0.230 e. The summed E-state index contributed by atoms with van der Waals surface area (Å²) in [4.78, 5) is 15.0. The molecule has 1 aliphatic rings. The fourth-order valence-corrected chi connectivity index (χ4v) is 3.74. The van der Waals surface area contributed by atoms with E-state index in [1.165, 1.54) is 11.1 Å². The first-order valence-electron chi connectivity index (χ1n) is 9.09. The lowest BCUT2D eigenvalue weighted by Gasteiger charge is -2.31. The van der Waals surface area contributed by atoms with Crippen LogP contribution in [0.4, 0.5) is 0 Å². The Balaban J connectivity index is 1.56. The predicted molar refractivity (Wildman–Crippen MR) is 104 cm³/mol. The van der Waals surface area contributed by atoms with Gasteiger partial charge in [-0.2, -0.15) is 0 Å². The third-order valence-corrected chi connectivity index (χ3v) is 5.38. The fraction of sp³-hybridized carbons (Fsp3) is 0.261. The van der Waals surface area contributed by atoms with Crippen LogP contribution < -0.4 is 4.74 Å². The Labute approximate surface area is 154 Å².